The van der Waals surface area contributed by atoms with Crippen LogP contribution in [0.25, 0.3) is 0 Å². The smallest absolute Gasteiger partial charge is 0.265 e. The van der Waals surface area contributed by atoms with E-state index in [1.165, 1.54) is 23.3 Å². The quantitative estimate of drug-likeness (QED) is 0.762. The Labute approximate surface area is 130 Å². The van der Waals surface area contributed by atoms with Crippen LogP contribution in [0.2, 0.25) is 0 Å². The van der Waals surface area contributed by atoms with Gasteiger partial charge in [0.05, 0.1) is 4.88 Å². The fourth-order valence-corrected chi connectivity index (χ4v) is 4.05. The Morgan fingerprint density at radius 1 is 1.21 bits per heavy atom. The van der Waals surface area contributed by atoms with Crippen molar-refractivity contribution in [3.05, 3.63) is 49.2 Å². The molecule has 0 bridgehead atoms. The summed E-state index contributed by atoms with van der Waals surface area (Å²) in [6, 6.07) is 9.94. The van der Waals surface area contributed by atoms with Gasteiger partial charge in [0.25, 0.3) is 5.91 Å². The number of hydrogen-bond donors (Lipinski definition) is 1. The van der Waals surface area contributed by atoms with Crippen molar-refractivity contribution in [2.24, 2.45) is 0 Å². The van der Waals surface area contributed by atoms with Gasteiger partial charge in [-0.05, 0) is 78.1 Å². The van der Waals surface area contributed by atoms with E-state index in [9.17, 15) is 4.79 Å². The molecule has 2 nitrogen and oxygen atoms in total. The molecule has 0 radical (unpaired) electrons. The predicted octanol–water partition coefficient (Wildman–Crippen LogP) is 4.48. The molecule has 1 aliphatic rings. The lowest BCUT2D eigenvalue weighted by Gasteiger charge is -2.08. The molecule has 0 fully saturated rings. The summed E-state index contributed by atoms with van der Waals surface area (Å²) < 4.78 is 1.13. The second kappa shape index (κ2) is 5.63. The van der Waals surface area contributed by atoms with Crippen LogP contribution < -0.4 is 5.32 Å². The number of amides is 1. The molecule has 1 aliphatic carbocycles. The molecule has 1 heterocycles. The van der Waals surface area contributed by atoms with Crippen molar-refractivity contribution in [1.29, 1.82) is 0 Å². The molecule has 1 amide bonds. The number of fused-ring (bicyclic) bond motifs is 1. The van der Waals surface area contributed by atoms with Crippen molar-refractivity contribution in [2.75, 3.05) is 5.32 Å². The lowest BCUT2D eigenvalue weighted by Crippen LogP contribution is -2.10. The highest BCUT2D eigenvalue weighted by Gasteiger charge is 2.17. The first-order valence-electron chi connectivity index (χ1n) is 6.41. The molecule has 98 valence electrons. The number of aryl methyl sites for hydroxylation is 2. The number of nitrogens with one attached hydrogen (secondary N) is 1. The normalized spacial score (nSPS) is 13.9. The molecule has 1 aromatic carbocycles. The third-order valence-electron chi connectivity index (χ3n) is 3.30. The van der Waals surface area contributed by atoms with E-state index in [-0.39, 0.29) is 5.91 Å². The van der Waals surface area contributed by atoms with Crippen molar-refractivity contribution in [2.45, 2.75) is 25.7 Å². The SMILES string of the molecule is O=C(Nc1cccc(I)c1)c1cc2c(s1)CCCC2. The zero-order chi connectivity index (χ0) is 13.2. The van der Waals surface area contributed by atoms with Crippen molar-refractivity contribution in [3.63, 3.8) is 0 Å². The van der Waals surface area contributed by atoms with Crippen molar-refractivity contribution in [1.82, 2.24) is 0 Å². The largest absolute Gasteiger partial charge is 0.321 e. The summed E-state index contributed by atoms with van der Waals surface area (Å²) in [7, 11) is 0. The molecule has 0 aliphatic heterocycles. The first-order chi connectivity index (χ1) is 9.22. The van der Waals surface area contributed by atoms with Crippen LogP contribution in [0.5, 0.6) is 0 Å². The average Bonchev–Trinajstić information content (AvgIpc) is 2.82. The van der Waals surface area contributed by atoms with Crippen LogP contribution in [-0.4, -0.2) is 5.91 Å². The van der Waals surface area contributed by atoms with Gasteiger partial charge in [-0.15, -0.1) is 11.3 Å². The van der Waals surface area contributed by atoms with Crippen molar-refractivity contribution < 1.29 is 4.79 Å². The standard InChI is InChI=1S/C15H14INOS/c16-11-5-3-6-12(9-11)17-15(18)14-8-10-4-1-2-7-13(10)19-14/h3,5-6,8-9H,1-2,4,7H2,(H,17,18). The second-order valence-electron chi connectivity index (χ2n) is 4.73. The van der Waals surface area contributed by atoms with Crippen LogP contribution in [0, 0.1) is 3.57 Å². The fraction of sp³-hybridized carbons (Fsp3) is 0.267. The van der Waals surface area contributed by atoms with Crippen molar-refractivity contribution >= 4 is 45.5 Å². The van der Waals surface area contributed by atoms with Crippen LogP contribution >= 0.6 is 33.9 Å². The van der Waals surface area contributed by atoms with Crippen molar-refractivity contribution in [3.8, 4) is 0 Å². The van der Waals surface area contributed by atoms with E-state index in [2.05, 4.69) is 34.0 Å². The lowest BCUT2D eigenvalue weighted by molar-refractivity contribution is 0.103. The zero-order valence-corrected chi connectivity index (χ0v) is 13.4. The Morgan fingerprint density at radius 3 is 2.84 bits per heavy atom. The molecule has 0 saturated heterocycles. The van der Waals surface area contributed by atoms with E-state index >= 15 is 0 Å². The Balaban J connectivity index is 1.78. The lowest BCUT2D eigenvalue weighted by atomic mass is 9.99. The Hall–Kier alpha value is -0.880. The van der Waals surface area contributed by atoms with E-state index in [1.54, 1.807) is 11.3 Å². The highest BCUT2D eigenvalue weighted by atomic mass is 127. The Morgan fingerprint density at radius 2 is 2.05 bits per heavy atom. The monoisotopic (exact) mass is 383 g/mol. The first kappa shape index (κ1) is 13.1. The van der Waals surface area contributed by atoms with Gasteiger partial charge in [-0.25, -0.2) is 0 Å². The molecular weight excluding hydrogens is 369 g/mol. The van der Waals surface area contributed by atoms with Crippen LogP contribution in [0.3, 0.4) is 0 Å². The third-order valence-corrected chi connectivity index (χ3v) is 5.21. The molecule has 1 N–H and O–H groups in total. The number of thiophene rings is 1. The summed E-state index contributed by atoms with van der Waals surface area (Å²) in [5.41, 5.74) is 2.24. The summed E-state index contributed by atoms with van der Waals surface area (Å²) in [6.45, 7) is 0. The van der Waals surface area contributed by atoms with Crippen LogP contribution in [-0.2, 0) is 12.8 Å². The fourth-order valence-electron chi connectivity index (χ4n) is 2.36. The zero-order valence-electron chi connectivity index (χ0n) is 10.4. The second-order valence-corrected chi connectivity index (χ2v) is 7.11. The van der Waals surface area contributed by atoms with Crippen LogP contribution in [0.1, 0.15) is 33.0 Å². The van der Waals surface area contributed by atoms with Gasteiger partial charge in [0.1, 0.15) is 0 Å². The van der Waals surface area contributed by atoms with Crippen LogP contribution in [0.4, 0.5) is 5.69 Å². The Kier molecular flexibility index (Phi) is 3.88. The maximum absolute atomic E-state index is 12.2. The summed E-state index contributed by atoms with van der Waals surface area (Å²) in [5.74, 6) is 0.0152. The van der Waals surface area contributed by atoms with Gasteiger partial charge in [-0.1, -0.05) is 6.07 Å². The number of anilines is 1. The van der Waals surface area contributed by atoms with E-state index < -0.39 is 0 Å². The van der Waals surface area contributed by atoms with Gasteiger partial charge in [0.15, 0.2) is 0 Å². The summed E-state index contributed by atoms with van der Waals surface area (Å²) in [6.07, 6.45) is 4.77. The molecule has 19 heavy (non-hydrogen) atoms. The minimum absolute atomic E-state index is 0.0152. The first-order valence-corrected chi connectivity index (χ1v) is 8.30. The van der Waals surface area contributed by atoms with E-state index in [4.69, 9.17) is 0 Å². The molecule has 0 saturated carbocycles. The molecular formula is C15H14INOS. The van der Waals surface area contributed by atoms with E-state index in [0.29, 0.717) is 0 Å². The molecule has 0 spiro atoms. The number of benzene rings is 1. The topological polar surface area (TPSA) is 29.1 Å². The number of halogens is 1. The Bertz CT molecular complexity index is 597. The van der Waals surface area contributed by atoms with E-state index in [1.807, 2.05) is 24.3 Å². The molecule has 4 heteroatoms. The minimum Gasteiger partial charge on any atom is -0.321 e. The maximum Gasteiger partial charge on any atom is 0.265 e. The highest BCUT2D eigenvalue weighted by Crippen LogP contribution is 2.30. The number of carbonyl (C=O) groups is 1. The summed E-state index contributed by atoms with van der Waals surface area (Å²) in [4.78, 5) is 14.5. The van der Waals surface area contributed by atoms with Gasteiger partial charge in [-0.2, -0.15) is 0 Å². The van der Waals surface area contributed by atoms with Gasteiger partial charge in [0.2, 0.25) is 0 Å². The predicted molar refractivity (Wildman–Crippen MR) is 88.1 cm³/mol. The molecule has 1 aromatic heterocycles. The molecule has 3 rings (SSSR count). The van der Waals surface area contributed by atoms with Gasteiger partial charge >= 0.3 is 0 Å². The minimum atomic E-state index is 0.0152. The maximum atomic E-state index is 12.2. The van der Waals surface area contributed by atoms with Crippen LogP contribution in [0.15, 0.2) is 30.3 Å². The molecule has 2 aromatic rings. The number of rotatable bonds is 2. The molecule has 0 atom stereocenters. The van der Waals surface area contributed by atoms with Gasteiger partial charge in [-0.3, -0.25) is 4.79 Å². The average molecular weight is 383 g/mol. The summed E-state index contributed by atoms with van der Waals surface area (Å²) in [5, 5.41) is 2.97. The van der Waals surface area contributed by atoms with Gasteiger partial charge in [0, 0.05) is 14.1 Å². The van der Waals surface area contributed by atoms with E-state index in [0.717, 1.165) is 27.0 Å². The molecule has 0 unspecified atom stereocenters. The van der Waals surface area contributed by atoms with Gasteiger partial charge < -0.3 is 5.32 Å². The highest BCUT2D eigenvalue weighted by molar-refractivity contribution is 14.1. The number of hydrogen-bond acceptors (Lipinski definition) is 2. The third kappa shape index (κ3) is 3.00. The summed E-state index contributed by atoms with van der Waals surface area (Å²) >= 11 is 3.90. The number of carbonyl (C=O) groups excluding carboxylic acids is 1.